The second-order valence-electron chi connectivity index (χ2n) is 7.73. The molecule has 8 heteroatoms. The topological polar surface area (TPSA) is 68.5 Å². The summed E-state index contributed by atoms with van der Waals surface area (Å²) in [5.41, 5.74) is 1.17. The van der Waals surface area contributed by atoms with E-state index in [9.17, 15) is 0 Å². The zero-order valence-corrected chi connectivity index (χ0v) is 17.6. The molecule has 1 saturated heterocycles. The van der Waals surface area contributed by atoms with E-state index in [2.05, 4.69) is 52.3 Å². The Morgan fingerprint density at radius 1 is 1.04 bits per heavy atom. The third kappa shape index (κ3) is 4.62. The molecule has 0 radical (unpaired) electrons. The number of tetrazole rings is 1. The predicted molar refractivity (Wildman–Crippen MR) is 108 cm³/mol. The van der Waals surface area contributed by atoms with Crippen LogP contribution in [0.4, 0.5) is 0 Å². The van der Waals surface area contributed by atoms with E-state index in [-0.39, 0.29) is 6.04 Å². The monoisotopic (exact) mass is 388 g/mol. The van der Waals surface area contributed by atoms with Crippen molar-refractivity contribution in [3.63, 3.8) is 0 Å². The van der Waals surface area contributed by atoms with Crippen LogP contribution in [0.1, 0.15) is 31.3 Å². The summed E-state index contributed by atoms with van der Waals surface area (Å²) in [6.45, 7) is 9.47. The summed E-state index contributed by atoms with van der Waals surface area (Å²) >= 11 is 0. The third-order valence-corrected chi connectivity index (χ3v) is 5.45. The van der Waals surface area contributed by atoms with Crippen molar-refractivity contribution in [2.24, 2.45) is 5.92 Å². The van der Waals surface area contributed by atoms with Crippen LogP contribution in [0, 0.1) is 5.92 Å². The summed E-state index contributed by atoms with van der Waals surface area (Å²) in [6.07, 6.45) is 0.825. The molecular formula is C20H32N6O2. The Balaban J connectivity index is 1.73. The molecule has 0 spiro atoms. The minimum atomic E-state index is 0.231. The van der Waals surface area contributed by atoms with Crippen LogP contribution in [-0.4, -0.2) is 77.5 Å². The van der Waals surface area contributed by atoms with E-state index in [1.54, 1.807) is 14.2 Å². The van der Waals surface area contributed by atoms with Gasteiger partial charge in [0, 0.05) is 32.7 Å². The lowest BCUT2D eigenvalue weighted by Gasteiger charge is -2.39. The summed E-state index contributed by atoms with van der Waals surface area (Å²) in [5, 5.41) is 12.7. The van der Waals surface area contributed by atoms with Gasteiger partial charge in [0.15, 0.2) is 17.3 Å². The molecule has 1 aromatic heterocycles. The van der Waals surface area contributed by atoms with Gasteiger partial charge in [-0.05, 0) is 47.5 Å². The Bertz CT molecular complexity index is 755. The van der Waals surface area contributed by atoms with Crippen molar-refractivity contribution in [1.82, 2.24) is 30.0 Å². The molecule has 2 heterocycles. The molecule has 28 heavy (non-hydrogen) atoms. The fourth-order valence-corrected chi connectivity index (χ4v) is 3.84. The van der Waals surface area contributed by atoms with E-state index < -0.39 is 0 Å². The predicted octanol–water partition coefficient (Wildman–Crippen LogP) is 1.88. The van der Waals surface area contributed by atoms with Crippen molar-refractivity contribution in [3.05, 3.63) is 29.6 Å². The van der Waals surface area contributed by atoms with E-state index in [4.69, 9.17) is 9.47 Å². The highest BCUT2D eigenvalue weighted by Gasteiger charge is 2.30. The molecule has 1 aliphatic heterocycles. The van der Waals surface area contributed by atoms with Crippen LogP contribution in [-0.2, 0) is 13.0 Å². The van der Waals surface area contributed by atoms with Crippen LogP contribution >= 0.6 is 0 Å². The molecule has 0 bridgehead atoms. The number of aromatic nitrogens is 4. The largest absolute Gasteiger partial charge is 0.493 e. The molecule has 1 aromatic carbocycles. The smallest absolute Gasteiger partial charge is 0.168 e. The summed E-state index contributed by atoms with van der Waals surface area (Å²) in [4.78, 5) is 4.89. The molecule has 1 fully saturated rings. The molecule has 3 rings (SSSR count). The molecular weight excluding hydrogens is 356 g/mol. The lowest BCUT2D eigenvalue weighted by molar-refractivity contribution is 0.0809. The van der Waals surface area contributed by atoms with Gasteiger partial charge < -0.3 is 14.4 Å². The molecule has 1 aliphatic rings. The van der Waals surface area contributed by atoms with Crippen LogP contribution in [0.5, 0.6) is 11.5 Å². The van der Waals surface area contributed by atoms with Gasteiger partial charge in [-0.3, -0.25) is 4.90 Å². The molecule has 0 saturated carbocycles. The molecule has 1 atom stereocenters. The Morgan fingerprint density at radius 3 is 2.39 bits per heavy atom. The highest BCUT2D eigenvalue weighted by molar-refractivity contribution is 5.42. The molecule has 0 N–H and O–H groups in total. The number of hydrogen-bond donors (Lipinski definition) is 0. The zero-order valence-electron chi connectivity index (χ0n) is 17.6. The van der Waals surface area contributed by atoms with Gasteiger partial charge in [0.2, 0.25) is 0 Å². The van der Waals surface area contributed by atoms with Crippen LogP contribution in [0.2, 0.25) is 0 Å². The summed E-state index contributed by atoms with van der Waals surface area (Å²) in [6, 6.07) is 6.25. The molecule has 0 aliphatic carbocycles. The van der Waals surface area contributed by atoms with Gasteiger partial charge >= 0.3 is 0 Å². The van der Waals surface area contributed by atoms with Crippen molar-refractivity contribution in [2.45, 2.75) is 32.9 Å². The first kappa shape index (κ1) is 20.5. The van der Waals surface area contributed by atoms with E-state index in [0.717, 1.165) is 56.5 Å². The number of hydrogen-bond acceptors (Lipinski definition) is 7. The van der Waals surface area contributed by atoms with Gasteiger partial charge in [-0.25, -0.2) is 4.68 Å². The number of rotatable bonds is 8. The quantitative estimate of drug-likeness (QED) is 0.684. The fourth-order valence-electron chi connectivity index (χ4n) is 3.84. The number of methoxy groups -OCH3 is 2. The molecule has 2 aromatic rings. The summed E-state index contributed by atoms with van der Waals surface area (Å²) in [5.74, 6) is 2.88. The van der Waals surface area contributed by atoms with Crippen LogP contribution in [0.3, 0.4) is 0 Å². The number of piperazine rings is 1. The average Bonchev–Trinajstić information content (AvgIpc) is 3.15. The SMILES string of the molecule is COc1ccc(CCn2nnnc2[C@H](C(C)C)N2CCN(C)CC2)cc1OC. The van der Waals surface area contributed by atoms with Gasteiger partial charge in [-0.15, -0.1) is 5.10 Å². The zero-order chi connectivity index (χ0) is 20.1. The number of ether oxygens (including phenoxy) is 2. The fraction of sp³-hybridized carbons (Fsp3) is 0.650. The van der Waals surface area contributed by atoms with E-state index in [1.807, 2.05) is 16.8 Å². The minimum Gasteiger partial charge on any atom is -0.493 e. The van der Waals surface area contributed by atoms with Crippen LogP contribution < -0.4 is 9.47 Å². The van der Waals surface area contributed by atoms with Crippen LogP contribution in [0.25, 0.3) is 0 Å². The van der Waals surface area contributed by atoms with Crippen LogP contribution in [0.15, 0.2) is 18.2 Å². The van der Waals surface area contributed by atoms with Crippen molar-refractivity contribution >= 4 is 0 Å². The second-order valence-corrected chi connectivity index (χ2v) is 7.73. The lowest BCUT2D eigenvalue weighted by Crippen LogP contribution is -2.47. The maximum Gasteiger partial charge on any atom is 0.168 e. The Morgan fingerprint density at radius 2 is 1.75 bits per heavy atom. The van der Waals surface area contributed by atoms with Gasteiger partial charge in [0.25, 0.3) is 0 Å². The van der Waals surface area contributed by atoms with Crippen molar-refractivity contribution in [3.8, 4) is 11.5 Å². The maximum atomic E-state index is 5.41. The van der Waals surface area contributed by atoms with Crippen molar-refractivity contribution < 1.29 is 9.47 Å². The Kier molecular flexibility index (Phi) is 6.85. The first-order valence-corrected chi connectivity index (χ1v) is 9.93. The molecule has 0 unspecified atom stereocenters. The van der Waals surface area contributed by atoms with Gasteiger partial charge in [0.05, 0.1) is 20.3 Å². The number of likely N-dealkylation sites (N-methyl/N-ethyl adjacent to an activating group) is 1. The van der Waals surface area contributed by atoms with E-state index in [0.29, 0.717) is 5.92 Å². The number of benzene rings is 1. The van der Waals surface area contributed by atoms with Gasteiger partial charge in [-0.1, -0.05) is 19.9 Å². The van der Waals surface area contributed by atoms with Crippen molar-refractivity contribution in [2.75, 3.05) is 47.4 Å². The Labute approximate surface area is 167 Å². The second kappa shape index (κ2) is 9.34. The maximum absolute atomic E-state index is 5.41. The third-order valence-electron chi connectivity index (χ3n) is 5.45. The highest BCUT2D eigenvalue weighted by atomic mass is 16.5. The first-order chi connectivity index (χ1) is 13.5. The lowest BCUT2D eigenvalue weighted by atomic mass is 10.0. The summed E-state index contributed by atoms with van der Waals surface area (Å²) in [7, 11) is 5.48. The Hall–Kier alpha value is -2.19. The van der Waals surface area contributed by atoms with E-state index in [1.165, 1.54) is 5.56 Å². The molecule has 0 amide bonds. The van der Waals surface area contributed by atoms with Gasteiger partial charge in [0.1, 0.15) is 0 Å². The molecule has 8 nitrogen and oxygen atoms in total. The highest BCUT2D eigenvalue weighted by Crippen LogP contribution is 2.29. The van der Waals surface area contributed by atoms with E-state index >= 15 is 0 Å². The average molecular weight is 389 g/mol. The first-order valence-electron chi connectivity index (χ1n) is 9.93. The normalized spacial score (nSPS) is 17.1. The van der Waals surface area contributed by atoms with Gasteiger partial charge in [-0.2, -0.15) is 0 Å². The van der Waals surface area contributed by atoms with Crippen molar-refractivity contribution in [1.29, 1.82) is 0 Å². The number of nitrogens with zero attached hydrogens (tertiary/aromatic N) is 6. The molecule has 154 valence electrons. The minimum absolute atomic E-state index is 0.231. The summed E-state index contributed by atoms with van der Waals surface area (Å²) < 4.78 is 12.7. The standard InChI is InChI=1S/C20H32N6O2/c1-15(2)19(25-12-10-24(3)11-13-25)20-21-22-23-26(20)9-8-16-6-7-17(27-4)18(14-16)28-5/h6-7,14-15,19H,8-13H2,1-5H3/t19-/m0/s1. The number of aryl methyl sites for hydroxylation is 2.